The topological polar surface area (TPSA) is 70.2 Å². The molecule has 1 aromatic rings. The molecule has 2 amide bonds. The van der Waals surface area contributed by atoms with Crippen molar-refractivity contribution in [2.45, 2.75) is 31.7 Å². The molecule has 1 unspecified atom stereocenters. The number of carbonyl (C=O) groups excluding carboxylic acids is 2. The molecule has 0 bridgehead atoms. The van der Waals surface area contributed by atoms with Crippen LogP contribution in [0.2, 0.25) is 5.02 Å². The Bertz CT molecular complexity index is 488. The van der Waals surface area contributed by atoms with Crippen molar-refractivity contribution in [2.75, 3.05) is 18.4 Å². The van der Waals surface area contributed by atoms with E-state index in [2.05, 4.69) is 16.0 Å². The fraction of sp³-hybridized carbons (Fsp3) is 0.467. The Morgan fingerprint density at radius 2 is 2.00 bits per heavy atom. The van der Waals surface area contributed by atoms with Gasteiger partial charge in [-0.25, -0.2) is 0 Å². The van der Waals surface area contributed by atoms with Gasteiger partial charge in [0, 0.05) is 23.7 Å². The molecule has 122 valence electrons. The zero-order valence-corrected chi connectivity index (χ0v) is 13.8. The number of benzene rings is 1. The molecular formula is C15H21Cl2N3O2. The van der Waals surface area contributed by atoms with Crippen LogP contribution in [0, 0.1) is 0 Å². The molecule has 1 heterocycles. The summed E-state index contributed by atoms with van der Waals surface area (Å²) in [5, 5.41) is 9.42. The summed E-state index contributed by atoms with van der Waals surface area (Å²) in [6.07, 6.45) is 2.93. The van der Waals surface area contributed by atoms with Crippen molar-refractivity contribution >= 4 is 41.5 Å². The lowest BCUT2D eigenvalue weighted by molar-refractivity contribution is -0.123. The van der Waals surface area contributed by atoms with Gasteiger partial charge in [-0.3, -0.25) is 9.59 Å². The fourth-order valence-electron chi connectivity index (χ4n) is 2.25. The quantitative estimate of drug-likeness (QED) is 0.693. The summed E-state index contributed by atoms with van der Waals surface area (Å²) in [5.41, 5.74) is 0.726. The molecule has 0 saturated carbocycles. The van der Waals surface area contributed by atoms with Crippen LogP contribution in [0.1, 0.15) is 25.7 Å². The van der Waals surface area contributed by atoms with Crippen molar-refractivity contribution in [2.24, 2.45) is 0 Å². The lowest BCUT2D eigenvalue weighted by Gasteiger charge is -2.11. The second-order valence-corrected chi connectivity index (χ2v) is 5.54. The third-order valence-corrected chi connectivity index (χ3v) is 3.64. The summed E-state index contributed by atoms with van der Waals surface area (Å²) in [6, 6.07) is 6.91. The summed E-state index contributed by atoms with van der Waals surface area (Å²) < 4.78 is 0. The van der Waals surface area contributed by atoms with Crippen LogP contribution < -0.4 is 16.0 Å². The van der Waals surface area contributed by atoms with Gasteiger partial charge >= 0.3 is 0 Å². The fourth-order valence-corrected chi connectivity index (χ4v) is 2.37. The number of rotatable bonds is 6. The van der Waals surface area contributed by atoms with E-state index in [1.54, 1.807) is 24.3 Å². The van der Waals surface area contributed by atoms with Crippen LogP contribution in [-0.2, 0) is 9.59 Å². The van der Waals surface area contributed by atoms with Gasteiger partial charge in [0.05, 0.1) is 6.04 Å². The first-order valence-corrected chi connectivity index (χ1v) is 7.59. The standard InChI is InChI=1S/C15H20ClN3O2.ClH/c16-11-5-7-12(8-6-11)19-14(20)4-2-10-18-15(21)13-3-1-9-17-13;/h5-8,13,17H,1-4,9-10H2,(H,18,21)(H,19,20);1H. The summed E-state index contributed by atoms with van der Waals surface area (Å²) in [4.78, 5) is 23.5. The summed E-state index contributed by atoms with van der Waals surface area (Å²) >= 11 is 5.78. The molecule has 22 heavy (non-hydrogen) atoms. The Balaban J connectivity index is 0.00000242. The van der Waals surface area contributed by atoms with Gasteiger partial charge < -0.3 is 16.0 Å². The third-order valence-electron chi connectivity index (χ3n) is 3.38. The van der Waals surface area contributed by atoms with Gasteiger partial charge in [-0.05, 0) is 50.1 Å². The molecule has 1 fully saturated rings. The van der Waals surface area contributed by atoms with E-state index in [-0.39, 0.29) is 30.3 Å². The highest BCUT2D eigenvalue weighted by Gasteiger charge is 2.21. The number of carbonyl (C=O) groups is 2. The average molecular weight is 346 g/mol. The van der Waals surface area contributed by atoms with Gasteiger partial charge in [0.2, 0.25) is 11.8 Å². The van der Waals surface area contributed by atoms with E-state index >= 15 is 0 Å². The third kappa shape index (κ3) is 6.22. The lowest BCUT2D eigenvalue weighted by Crippen LogP contribution is -2.40. The average Bonchev–Trinajstić information content (AvgIpc) is 3.00. The highest BCUT2D eigenvalue weighted by molar-refractivity contribution is 6.30. The number of nitrogens with one attached hydrogen (secondary N) is 3. The molecule has 2 rings (SSSR count). The minimum absolute atomic E-state index is 0. The number of halogens is 2. The second kappa shape index (κ2) is 9.66. The molecule has 0 spiro atoms. The first-order valence-electron chi connectivity index (χ1n) is 7.21. The molecular weight excluding hydrogens is 325 g/mol. The SMILES string of the molecule is Cl.O=C(CCCNC(=O)C1CCCN1)Nc1ccc(Cl)cc1. The Morgan fingerprint density at radius 3 is 2.64 bits per heavy atom. The molecule has 0 radical (unpaired) electrons. The monoisotopic (exact) mass is 345 g/mol. The molecule has 0 aliphatic carbocycles. The largest absolute Gasteiger partial charge is 0.355 e. The molecule has 1 saturated heterocycles. The zero-order chi connectivity index (χ0) is 15.1. The van der Waals surface area contributed by atoms with E-state index in [1.807, 2.05) is 0 Å². The predicted octanol–water partition coefficient (Wildman–Crippen LogP) is 2.35. The van der Waals surface area contributed by atoms with E-state index in [1.165, 1.54) is 0 Å². The van der Waals surface area contributed by atoms with Crippen molar-refractivity contribution < 1.29 is 9.59 Å². The van der Waals surface area contributed by atoms with E-state index < -0.39 is 0 Å². The smallest absolute Gasteiger partial charge is 0.237 e. The molecule has 5 nitrogen and oxygen atoms in total. The maximum Gasteiger partial charge on any atom is 0.237 e. The van der Waals surface area contributed by atoms with E-state index in [0.717, 1.165) is 25.1 Å². The molecule has 0 aromatic heterocycles. The van der Waals surface area contributed by atoms with Crippen LogP contribution >= 0.6 is 24.0 Å². The van der Waals surface area contributed by atoms with E-state index in [0.29, 0.717) is 24.4 Å². The molecule has 1 atom stereocenters. The first kappa shape index (κ1) is 18.7. The normalized spacial score (nSPS) is 16.7. The maximum atomic E-state index is 11.7. The van der Waals surface area contributed by atoms with Crippen molar-refractivity contribution in [1.29, 1.82) is 0 Å². The maximum absolute atomic E-state index is 11.7. The van der Waals surface area contributed by atoms with Gasteiger partial charge in [-0.15, -0.1) is 12.4 Å². The minimum atomic E-state index is -0.0643. The van der Waals surface area contributed by atoms with Crippen LogP contribution in [0.25, 0.3) is 0 Å². The van der Waals surface area contributed by atoms with Crippen LogP contribution in [-0.4, -0.2) is 30.9 Å². The van der Waals surface area contributed by atoms with Crippen LogP contribution in [0.15, 0.2) is 24.3 Å². The number of hydrogen-bond acceptors (Lipinski definition) is 3. The van der Waals surface area contributed by atoms with Crippen molar-refractivity contribution in [1.82, 2.24) is 10.6 Å². The molecule has 1 aliphatic heterocycles. The van der Waals surface area contributed by atoms with E-state index in [9.17, 15) is 9.59 Å². The highest BCUT2D eigenvalue weighted by Crippen LogP contribution is 2.13. The Morgan fingerprint density at radius 1 is 1.27 bits per heavy atom. The molecule has 1 aliphatic rings. The van der Waals surface area contributed by atoms with Gasteiger partial charge in [0.1, 0.15) is 0 Å². The number of anilines is 1. The van der Waals surface area contributed by atoms with Gasteiger partial charge in [0.25, 0.3) is 0 Å². The first-order chi connectivity index (χ1) is 10.1. The zero-order valence-electron chi connectivity index (χ0n) is 12.2. The Labute approximate surface area is 141 Å². The Hall–Kier alpha value is -1.30. The van der Waals surface area contributed by atoms with Gasteiger partial charge in [-0.2, -0.15) is 0 Å². The second-order valence-electron chi connectivity index (χ2n) is 5.10. The Kier molecular flexibility index (Phi) is 8.24. The van der Waals surface area contributed by atoms with Crippen molar-refractivity contribution in [3.05, 3.63) is 29.3 Å². The molecule has 3 N–H and O–H groups in total. The highest BCUT2D eigenvalue weighted by atomic mass is 35.5. The number of amides is 2. The lowest BCUT2D eigenvalue weighted by atomic mass is 10.2. The van der Waals surface area contributed by atoms with E-state index in [4.69, 9.17) is 11.6 Å². The summed E-state index contributed by atoms with van der Waals surface area (Å²) in [5.74, 6) is -0.0313. The van der Waals surface area contributed by atoms with Crippen molar-refractivity contribution in [3.63, 3.8) is 0 Å². The predicted molar refractivity (Wildman–Crippen MR) is 90.6 cm³/mol. The molecule has 7 heteroatoms. The van der Waals surface area contributed by atoms with Crippen LogP contribution in [0.3, 0.4) is 0 Å². The summed E-state index contributed by atoms with van der Waals surface area (Å²) in [7, 11) is 0. The van der Waals surface area contributed by atoms with Gasteiger partial charge in [-0.1, -0.05) is 11.6 Å². The summed E-state index contributed by atoms with van der Waals surface area (Å²) in [6.45, 7) is 1.42. The van der Waals surface area contributed by atoms with Crippen LogP contribution in [0.4, 0.5) is 5.69 Å². The van der Waals surface area contributed by atoms with Gasteiger partial charge in [0.15, 0.2) is 0 Å². The van der Waals surface area contributed by atoms with Crippen LogP contribution in [0.5, 0.6) is 0 Å². The number of hydrogen-bond donors (Lipinski definition) is 3. The molecule has 1 aromatic carbocycles. The minimum Gasteiger partial charge on any atom is -0.355 e. The van der Waals surface area contributed by atoms with Crippen molar-refractivity contribution in [3.8, 4) is 0 Å².